The van der Waals surface area contributed by atoms with Crippen molar-refractivity contribution in [1.82, 2.24) is 8.80 Å². The van der Waals surface area contributed by atoms with Crippen LogP contribution in [0.25, 0.3) is 76.2 Å². The monoisotopic (exact) mass is 963 g/mol. The molecule has 0 unspecified atom stereocenters. The van der Waals surface area contributed by atoms with E-state index in [1.165, 1.54) is 121 Å². The van der Waals surface area contributed by atoms with E-state index in [0.717, 1.165) is 48.4 Å². The number of para-hydroxylation sites is 2. The highest BCUT2D eigenvalue weighted by atomic mass is 15.2. The van der Waals surface area contributed by atoms with Crippen LogP contribution in [0.5, 0.6) is 0 Å². The summed E-state index contributed by atoms with van der Waals surface area (Å²) in [6.07, 6.45) is 4.01. The summed E-state index contributed by atoms with van der Waals surface area (Å²) in [4.78, 5) is 5.00. The van der Waals surface area contributed by atoms with E-state index in [4.69, 9.17) is 0 Å². The van der Waals surface area contributed by atoms with Gasteiger partial charge in [-0.15, -0.1) is 0 Å². The molecule has 0 N–H and O–H groups in total. The Hall–Kier alpha value is -7.82. The summed E-state index contributed by atoms with van der Waals surface area (Å²) in [5.74, 6) is 0. The third kappa shape index (κ3) is 6.79. The van der Waals surface area contributed by atoms with Crippen molar-refractivity contribution in [3.63, 3.8) is 0 Å². The van der Waals surface area contributed by atoms with E-state index < -0.39 is 0 Å². The summed E-state index contributed by atoms with van der Waals surface area (Å²) in [6.45, 7) is 23.1. The molecule has 13 rings (SSSR count). The van der Waals surface area contributed by atoms with E-state index in [2.05, 4.69) is 258 Å². The highest BCUT2D eigenvalue weighted by Crippen LogP contribution is 2.53. The van der Waals surface area contributed by atoms with Gasteiger partial charge in [-0.05, 0) is 143 Å². The maximum absolute atomic E-state index is 2.65. The van der Waals surface area contributed by atoms with Gasteiger partial charge in [-0.1, -0.05) is 166 Å². The second-order valence-electron chi connectivity index (χ2n) is 22.9. The summed E-state index contributed by atoms with van der Waals surface area (Å²) < 4.78 is 5.30. The lowest BCUT2D eigenvalue weighted by molar-refractivity contribution is 0.594. The second-order valence-corrected chi connectivity index (χ2v) is 22.9. The predicted octanol–water partition coefficient (Wildman–Crippen LogP) is 19.8. The van der Waals surface area contributed by atoms with Crippen LogP contribution in [-0.2, 0) is 36.5 Å². The van der Waals surface area contributed by atoms with Gasteiger partial charge >= 0.3 is 0 Å². The van der Waals surface area contributed by atoms with E-state index >= 15 is 0 Å². The number of hydrogen-bond donors (Lipinski definition) is 0. The molecule has 0 amide bonds. The molecule has 9 aromatic carbocycles. The number of aromatic nitrogens is 2. The van der Waals surface area contributed by atoms with Crippen LogP contribution in [0.4, 0.5) is 34.1 Å². The Bertz CT molecular complexity index is 3890. The molecule has 0 spiro atoms. The number of hydrogen-bond acceptors (Lipinski definition) is 2. The van der Waals surface area contributed by atoms with Crippen LogP contribution in [0.15, 0.2) is 170 Å². The molecular formula is C70H66N4. The molecule has 0 aliphatic rings. The summed E-state index contributed by atoms with van der Waals surface area (Å²) in [5.41, 5.74) is 22.5. The lowest BCUT2D eigenvalue weighted by Gasteiger charge is -2.27. The number of aryl methyl sites for hydroxylation is 4. The van der Waals surface area contributed by atoms with Crippen molar-refractivity contribution in [1.29, 1.82) is 0 Å². The Kier molecular flexibility index (Phi) is 10.5. The minimum Gasteiger partial charge on any atom is -0.310 e. The van der Waals surface area contributed by atoms with Gasteiger partial charge in [0.2, 0.25) is 0 Å². The normalized spacial score (nSPS) is 12.7. The molecule has 0 fully saturated rings. The molecule has 0 aliphatic carbocycles. The van der Waals surface area contributed by atoms with Crippen LogP contribution in [-0.4, -0.2) is 8.80 Å². The Morgan fingerprint density at radius 3 is 0.919 bits per heavy atom. The topological polar surface area (TPSA) is 15.3 Å². The SMILES string of the molecule is CCc1ccc(N(c2ccc(CC)cc2)c2ccc3c4cc5c(cc4n4c6c(C(C)(C)C)cccc6c2c34)c2ccc(N(c3ccc(CC)cc3)c3ccc(CC)cc3)c3c4cccc(C(C)(C)C)c4n5c23)cc1. The van der Waals surface area contributed by atoms with E-state index in [1.54, 1.807) is 0 Å². The molecule has 0 radical (unpaired) electrons. The first-order valence-corrected chi connectivity index (χ1v) is 27.2. The molecule has 0 saturated carbocycles. The Balaban J connectivity index is 1.16. The lowest BCUT2D eigenvalue weighted by Crippen LogP contribution is -2.12. The molecule has 13 aromatic rings. The largest absolute Gasteiger partial charge is 0.310 e. The second kappa shape index (κ2) is 16.9. The average Bonchev–Trinajstić information content (AvgIpc) is 4.15. The molecule has 0 bridgehead atoms. The number of benzene rings is 9. The van der Waals surface area contributed by atoms with E-state index in [9.17, 15) is 0 Å². The fourth-order valence-electron chi connectivity index (χ4n) is 12.6. The van der Waals surface area contributed by atoms with E-state index in [-0.39, 0.29) is 10.8 Å². The van der Waals surface area contributed by atoms with Crippen molar-refractivity contribution < 1.29 is 0 Å². The molecule has 4 nitrogen and oxygen atoms in total. The molecule has 4 heteroatoms. The highest BCUT2D eigenvalue weighted by Gasteiger charge is 2.31. The van der Waals surface area contributed by atoms with Crippen LogP contribution in [0.2, 0.25) is 0 Å². The van der Waals surface area contributed by atoms with Gasteiger partial charge in [0, 0.05) is 65.8 Å². The summed E-state index contributed by atoms with van der Waals surface area (Å²) in [7, 11) is 0. The van der Waals surface area contributed by atoms with Gasteiger partial charge < -0.3 is 18.6 Å². The zero-order chi connectivity index (χ0) is 50.9. The molecule has 4 heterocycles. The summed E-state index contributed by atoms with van der Waals surface area (Å²) >= 11 is 0. The van der Waals surface area contributed by atoms with Crippen LogP contribution in [0, 0.1) is 0 Å². The zero-order valence-corrected chi connectivity index (χ0v) is 44.8. The van der Waals surface area contributed by atoms with Crippen molar-refractivity contribution in [3.8, 4) is 0 Å². The first-order valence-electron chi connectivity index (χ1n) is 27.2. The van der Waals surface area contributed by atoms with Crippen molar-refractivity contribution in [3.05, 3.63) is 203 Å². The van der Waals surface area contributed by atoms with Crippen molar-refractivity contribution in [2.24, 2.45) is 0 Å². The highest BCUT2D eigenvalue weighted by molar-refractivity contribution is 6.32. The minimum atomic E-state index is -0.110. The van der Waals surface area contributed by atoms with Gasteiger partial charge in [-0.3, -0.25) is 0 Å². The van der Waals surface area contributed by atoms with Gasteiger partial charge in [-0.2, -0.15) is 0 Å². The molecule has 74 heavy (non-hydrogen) atoms. The van der Waals surface area contributed by atoms with Gasteiger partial charge in [-0.25, -0.2) is 0 Å². The standard InChI is InChI=1S/C70H66N4/c1-11-43-21-29-47(30-22-43)71(48-31-23-44(12-2)24-32-48)59-39-37-51-55-41-62-56(42-61(55)73-65-53(63(59)67(51)73)17-15-19-57(65)69(5,6)7)52-38-40-60(64-54-18-16-20-58(70(8,9)10)66(54)74(62)68(52)64)72(49-33-25-45(13-3)26-34-49)50-35-27-46(14-4)28-36-50/h15-42H,11-14H2,1-10H3. The van der Waals surface area contributed by atoms with Crippen molar-refractivity contribution in [2.75, 3.05) is 9.80 Å². The number of rotatable bonds is 10. The molecule has 4 aromatic heterocycles. The Labute approximate surface area is 435 Å². The maximum atomic E-state index is 2.65. The smallest absolute Gasteiger partial charge is 0.0641 e. The van der Waals surface area contributed by atoms with Crippen LogP contribution in [0.1, 0.15) is 103 Å². The summed E-state index contributed by atoms with van der Waals surface area (Å²) in [6, 6.07) is 65.7. The first-order chi connectivity index (χ1) is 35.8. The van der Waals surface area contributed by atoms with E-state index in [0.29, 0.717) is 0 Å². The number of nitrogens with zero attached hydrogens (tertiary/aromatic N) is 4. The Morgan fingerprint density at radius 1 is 0.324 bits per heavy atom. The maximum Gasteiger partial charge on any atom is 0.0641 e. The predicted molar refractivity (Wildman–Crippen MR) is 320 cm³/mol. The van der Waals surface area contributed by atoms with Crippen molar-refractivity contribution >= 4 is 110 Å². The zero-order valence-electron chi connectivity index (χ0n) is 44.8. The Morgan fingerprint density at radius 2 is 0.635 bits per heavy atom. The van der Waals surface area contributed by atoms with Crippen LogP contribution in [0.3, 0.4) is 0 Å². The minimum absolute atomic E-state index is 0.110. The van der Waals surface area contributed by atoms with E-state index in [1.807, 2.05) is 0 Å². The molecular weight excluding hydrogens is 897 g/mol. The third-order valence-electron chi connectivity index (χ3n) is 16.5. The number of anilines is 6. The third-order valence-corrected chi connectivity index (χ3v) is 16.5. The molecule has 366 valence electrons. The first kappa shape index (κ1) is 46.0. The quantitative estimate of drug-likeness (QED) is 0.136. The van der Waals surface area contributed by atoms with Gasteiger partial charge in [0.15, 0.2) is 0 Å². The average molecular weight is 963 g/mol. The molecule has 0 saturated heterocycles. The van der Waals surface area contributed by atoms with Gasteiger partial charge in [0.25, 0.3) is 0 Å². The van der Waals surface area contributed by atoms with Gasteiger partial charge in [0.05, 0.1) is 44.5 Å². The summed E-state index contributed by atoms with van der Waals surface area (Å²) in [5, 5.41) is 10.2. The molecule has 0 aliphatic heterocycles. The van der Waals surface area contributed by atoms with Crippen molar-refractivity contribution in [2.45, 2.75) is 106 Å². The van der Waals surface area contributed by atoms with Gasteiger partial charge in [0.1, 0.15) is 0 Å². The number of fused-ring (bicyclic) bond motifs is 12. The fraction of sp³-hybridized carbons (Fsp3) is 0.229. The fourth-order valence-corrected chi connectivity index (χ4v) is 12.6. The molecule has 0 atom stereocenters. The lowest BCUT2D eigenvalue weighted by atomic mass is 9.85. The van der Waals surface area contributed by atoms with Crippen LogP contribution >= 0.6 is 0 Å². The van der Waals surface area contributed by atoms with Crippen LogP contribution < -0.4 is 9.80 Å².